The summed E-state index contributed by atoms with van der Waals surface area (Å²) in [7, 11) is -3.53. The van der Waals surface area contributed by atoms with Gasteiger partial charge in [-0.25, -0.2) is 8.42 Å². The molecular weight excluding hydrogens is 318 g/mol. The maximum atomic E-state index is 13.0. The van der Waals surface area contributed by atoms with Crippen LogP contribution in [0.15, 0.2) is 58.5 Å². The van der Waals surface area contributed by atoms with Crippen molar-refractivity contribution < 1.29 is 8.42 Å². The van der Waals surface area contributed by atoms with Crippen LogP contribution >= 0.6 is 0 Å². The molecule has 24 heavy (non-hydrogen) atoms. The van der Waals surface area contributed by atoms with E-state index < -0.39 is 10.0 Å². The lowest BCUT2D eigenvalue weighted by Crippen LogP contribution is -2.33. The zero-order valence-corrected chi connectivity index (χ0v) is 15.9. The van der Waals surface area contributed by atoms with E-state index in [-0.39, 0.29) is 0 Å². The van der Waals surface area contributed by atoms with Crippen molar-refractivity contribution in [1.29, 1.82) is 0 Å². The first-order valence-electron chi connectivity index (χ1n) is 8.27. The Morgan fingerprint density at radius 1 is 1.12 bits per heavy atom. The van der Waals surface area contributed by atoms with Crippen molar-refractivity contribution >= 4 is 10.0 Å². The zero-order chi connectivity index (χ0) is 17.9. The summed E-state index contributed by atoms with van der Waals surface area (Å²) in [4.78, 5) is 0.354. The first-order chi connectivity index (χ1) is 11.3. The average molecular weight is 346 g/mol. The minimum absolute atomic E-state index is 0.314. The van der Waals surface area contributed by atoms with Crippen LogP contribution in [0.1, 0.15) is 37.8 Å². The molecule has 1 aromatic carbocycles. The third-order valence-electron chi connectivity index (χ3n) is 4.75. The third-order valence-corrected chi connectivity index (χ3v) is 6.55. The van der Waals surface area contributed by atoms with E-state index in [0.717, 1.165) is 29.5 Å². The summed E-state index contributed by atoms with van der Waals surface area (Å²) in [5.41, 5.74) is 5.96. The maximum Gasteiger partial charge on any atom is 0.243 e. The Bertz CT molecular complexity index is 801. The monoisotopic (exact) mass is 345 g/mol. The average Bonchev–Trinajstić information content (AvgIpc) is 2.53. The molecule has 0 saturated carbocycles. The Morgan fingerprint density at radius 2 is 1.83 bits per heavy atom. The molecular formula is C20H27NO2S. The van der Waals surface area contributed by atoms with Gasteiger partial charge in [-0.05, 0) is 63.8 Å². The lowest BCUT2D eigenvalue weighted by molar-refractivity contribution is 0.463. The number of aryl methyl sites for hydroxylation is 2. The molecule has 0 amide bonds. The first-order valence-corrected chi connectivity index (χ1v) is 9.71. The highest BCUT2D eigenvalue weighted by Crippen LogP contribution is 2.26. The van der Waals surface area contributed by atoms with Gasteiger partial charge in [0.2, 0.25) is 10.0 Å². The van der Waals surface area contributed by atoms with Gasteiger partial charge in [0.05, 0.1) is 4.90 Å². The predicted molar refractivity (Wildman–Crippen MR) is 101 cm³/mol. The van der Waals surface area contributed by atoms with E-state index in [9.17, 15) is 8.42 Å². The molecule has 0 saturated heterocycles. The lowest BCUT2D eigenvalue weighted by Gasteiger charge is -2.25. The number of benzene rings is 1. The van der Waals surface area contributed by atoms with E-state index in [4.69, 9.17) is 0 Å². The molecule has 1 aromatic rings. The van der Waals surface area contributed by atoms with E-state index in [1.165, 1.54) is 15.5 Å². The largest absolute Gasteiger partial charge is 0.243 e. The van der Waals surface area contributed by atoms with Crippen LogP contribution < -0.4 is 0 Å². The Balaban J connectivity index is 2.29. The molecule has 0 atom stereocenters. The topological polar surface area (TPSA) is 37.4 Å². The van der Waals surface area contributed by atoms with Crippen LogP contribution in [0.5, 0.6) is 0 Å². The van der Waals surface area contributed by atoms with Crippen LogP contribution in [-0.4, -0.2) is 25.8 Å². The molecule has 130 valence electrons. The molecule has 0 aromatic heterocycles. The van der Waals surface area contributed by atoms with Gasteiger partial charge in [0, 0.05) is 13.1 Å². The molecule has 1 aliphatic rings. The van der Waals surface area contributed by atoms with E-state index >= 15 is 0 Å². The summed E-state index contributed by atoms with van der Waals surface area (Å²) in [5, 5.41) is 0. The third kappa shape index (κ3) is 4.05. The first kappa shape index (κ1) is 18.7. The number of sulfonamides is 1. The summed E-state index contributed by atoms with van der Waals surface area (Å²) in [6, 6.07) is 5.31. The fourth-order valence-corrected chi connectivity index (χ4v) is 4.30. The van der Waals surface area contributed by atoms with Crippen molar-refractivity contribution in [2.75, 3.05) is 13.1 Å². The van der Waals surface area contributed by atoms with Crippen molar-refractivity contribution in [2.45, 2.75) is 45.4 Å². The van der Waals surface area contributed by atoms with Gasteiger partial charge in [-0.1, -0.05) is 34.9 Å². The summed E-state index contributed by atoms with van der Waals surface area (Å²) in [5.74, 6) is 0. The molecule has 0 unspecified atom stereocenters. The van der Waals surface area contributed by atoms with Gasteiger partial charge in [-0.15, -0.1) is 6.58 Å². The number of hydrogen-bond donors (Lipinski definition) is 0. The molecule has 0 aliphatic heterocycles. The van der Waals surface area contributed by atoms with E-state index in [0.29, 0.717) is 18.0 Å². The lowest BCUT2D eigenvalue weighted by atomic mass is 9.93. The van der Waals surface area contributed by atoms with Gasteiger partial charge in [0.1, 0.15) is 0 Å². The summed E-state index contributed by atoms with van der Waals surface area (Å²) in [6.07, 6.45) is 5.57. The van der Waals surface area contributed by atoms with Gasteiger partial charge < -0.3 is 0 Å². The molecule has 0 radical (unpaired) electrons. The normalized spacial score (nSPS) is 15.6. The number of allylic oxidation sites excluding steroid dienone is 3. The van der Waals surface area contributed by atoms with Crippen molar-refractivity contribution in [3.05, 3.63) is 64.8 Å². The Morgan fingerprint density at radius 3 is 2.42 bits per heavy atom. The maximum absolute atomic E-state index is 13.0. The van der Waals surface area contributed by atoms with E-state index in [2.05, 4.69) is 26.5 Å². The highest BCUT2D eigenvalue weighted by Gasteiger charge is 2.25. The van der Waals surface area contributed by atoms with Gasteiger partial charge in [-0.3, -0.25) is 0 Å². The molecule has 4 heteroatoms. The standard InChI is InChI=1S/C20H27NO2S/c1-6-11-21(14-19-9-7-15(2)17(4)12-19)24(22,23)20-10-8-16(3)18(5)13-20/h6,8-10,13H,1,7,11-12,14H2,2-5H3. The van der Waals surface area contributed by atoms with Crippen LogP contribution in [0.25, 0.3) is 0 Å². The Hall–Kier alpha value is -1.65. The van der Waals surface area contributed by atoms with Gasteiger partial charge >= 0.3 is 0 Å². The second-order valence-corrected chi connectivity index (χ2v) is 8.57. The molecule has 0 spiro atoms. The van der Waals surface area contributed by atoms with Crippen molar-refractivity contribution in [1.82, 2.24) is 4.31 Å². The number of rotatable bonds is 6. The summed E-state index contributed by atoms with van der Waals surface area (Å²) in [6.45, 7) is 12.6. The molecule has 0 fully saturated rings. The van der Waals surface area contributed by atoms with Crippen LogP contribution in [0.4, 0.5) is 0 Å². The highest BCUT2D eigenvalue weighted by molar-refractivity contribution is 7.89. The minimum Gasteiger partial charge on any atom is -0.207 e. The van der Waals surface area contributed by atoms with Crippen molar-refractivity contribution in [2.24, 2.45) is 0 Å². The fourth-order valence-electron chi connectivity index (χ4n) is 2.80. The SMILES string of the molecule is C=CCN(CC1=CCC(C)=C(C)C1)S(=O)(=O)c1ccc(C)c(C)c1. The molecule has 3 nitrogen and oxygen atoms in total. The Kier molecular flexibility index (Phi) is 5.83. The van der Waals surface area contributed by atoms with Gasteiger partial charge in [0.25, 0.3) is 0 Å². The van der Waals surface area contributed by atoms with Crippen LogP contribution in [0.3, 0.4) is 0 Å². The van der Waals surface area contributed by atoms with E-state index in [1.807, 2.05) is 19.9 Å². The van der Waals surface area contributed by atoms with Crippen molar-refractivity contribution in [3.63, 3.8) is 0 Å². The van der Waals surface area contributed by atoms with Gasteiger partial charge in [0.15, 0.2) is 0 Å². The second kappa shape index (κ2) is 7.49. The number of hydrogen-bond acceptors (Lipinski definition) is 2. The fraction of sp³-hybridized carbons (Fsp3) is 0.400. The highest BCUT2D eigenvalue weighted by atomic mass is 32.2. The summed E-state index contributed by atoms with van der Waals surface area (Å²) < 4.78 is 27.6. The minimum atomic E-state index is -3.53. The molecule has 2 rings (SSSR count). The zero-order valence-electron chi connectivity index (χ0n) is 15.1. The smallest absolute Gasteiger partial charge is 0.207 e. The number of nitrogens with zero attached hydrogens (tertiary/aromatic N) is 1. The van der Waals surface area contributed by atoms with E-state index in [1.54, 1.807) is 18.2 Å². The predicted octanol–water partition coefficient (Wildman–Crippen LogP) is 4.54. The quantitative estimate of drug-likeness (QED) is 0.710. The molecule has 1 aliphatic carbocycles. The van der Waals surface area contributed by atoms with Crippen molar-refractivity contribution in [3.8, 4) is 0 Å². The molecule has 0 N–H and O–H groups in total. The summed E-state index contributed by atoms with van der Waals surface area (Å²) >= 11 is 0. The van der Waals surface area contributed by atoms with Crippen LogP contribution in [-0.2, 0) is 10.0 Å². The van der Waals surface area contributed by atoms with Crippen LogP contribution in [0, 0.1) is 13.8 Å². The molecule has 0 bridgehead atoms. The van der Waals surface area contributed by atoms with Crippen LogP contribution in [0.2, 0.25) is 0 Å². The van der Waals surface area contributed by atoms with Gasteiger partial charge in [-0.2, -0.15) is 4.31 Å². The second-order valence-electron chi connectivity index (χ2n) is 6.64. The molecule has 0 heterocycles. The Labute approximate surface area is 146 Å².